The van der Waals surface area contributed by atoms with E-state index in [-0.39, 0.29) is 10.8 Å². The lowest BCUT2D eigenvalue weighted by Crippen LogP contribution is -2.43. The van der Waals surface area contributed by atoms with Gasteiger partial charge in [-0.15, -0.1) is 0 Å². The maximum atomic E-state index is 6.05. The standard InChI is InChI=1S/C26H29N/c1-25(2,17-18-27)24-19-20-11-9-10-16-23(20)26(24,21-12-5-3-6-13-21)22-14-7-4-8-15-22/h3-16,24H,17-19,27H2,1-2H3/t24-/m0/s1. The molecule has 1 aliphatic rings. The predicted molar refractivity (Wildman–Crippen MR) is 114 cm³/mol. The van der Waals surface area contributed by atoms with Crippen molar-refractivity contribution in [3.05, 3.63) is 107 Å². The lowest BCUT2D eigenvalue weighted by molar-refractivity contribution is 0.156. The second-order valence-electron chi connectivity index (χ2n) is 8.48. The van der Waals surface area contributed by atoms with Crippen LogP contribution in [0.2, 0.25) is 0 Å². The smallest absolute Gasteiger partial charge is 0.0490 e. The van der Waals surface area contributed by atoms with Gasteiger partial charge < -0.3 is 5.73 Å². The first kappa shape index (κ1) is 18.0. The largest absolute Gasteiger partial charge is 0.330 e. The van der Waals surface area contributed by atoms with Crippen molar-refractivity contribution in [2.75, 3.05) is 6.54 Å². The number of fused-ring (bicyclic) bond motifs is 1. The van der Waals surface area contributed by atoms with Gasteiger partial charge in [-0.2, -0.15) is 0 Å². The fourth-order valence-corrected chi connectivity index (χ4v) is 5.33. The quantitative estimate of drug-likeness (QED) is 0.636. The van der Waals surface area contributed by atoms with Crippen molar-refractivity contribution in [3.63, 3.8) is 0 Å². The molecule has 2 N–H and O–H groups in total. The summed E-state index contributed by atoms with van der Waals surface area (Å²) in [5, 5.41) is 0. The van der Waals surface area contributed by atoms with E-state index in [4.69, 9.17) is 5.73 Å². The highest BCUT2D eigenvalue weighted by Gasteiger charge is 2.54. The first-order valence-electron chi connectivity index (χ1n) is 10.00. The Kier molecular flexibility index (Phi) is 4.65. The SMILES string of the molecule is CC(C)(CCN)[C@@H]1Cc2ccccc2C1(c1ccccc1)c1ccccc1. The zero-order chi connectivity index (χ0) is 18.9. The summed E-state index contributed by atoms with van der Waals surface area (Å²) in [5.74, 6) is 0.454. The summed E-state index contributed by atoms with van der Waals surface area (Å²) in [6, 6.07) is 31.2. The van der Waals surface area contributed by atoms with Crippen molar-refractivity contribution in [2.45, 2.75) is 32.1 Å². The molecule has 138 valence electrons. The summed E-state index contributed by atoms with van der Waals surface area (Å²) in [6.45, 7) is 5.52. The van der Waals surface area contributed by atoms with Crippen LogP contribution in [0.15, 0.2) is 84.9 Å². The van der Waals surface area contributed by atoms with Gasteiger partial charge in [0, 0.05) is 5.41 Å². The minimum Gasteiger partial charge on any atom is -0.330 e. The normalized spacial score (nSPS) is 18.3. The van der Waals surface area contributed by atoms with Crippen LogP contribution >= 0.6 is 0 Å². The Morgan fingerprint density at radius 3 is 1.89 bits per heavy atom. The molecular weight excluding hydrogens is 326 g/mol. The molecule has 0 aromatic heterocycles. The molecule has 0 unspecified atom stereocenters. The lowest BCUT2D eigenvalue weighted by Gasteiger charge is -2.46. The lowest BCUT2D eigenvalue weighted by atomic mass is 9.57. The molecule has 0 fully saturated rings. The van der Waals surface area contributed by atoms with Crippen LogP contribution in [0.4, 0.5) is 0 Å². The zero-order valence-corrected chi connectivity index (χ0v) is 16.4. The Morgan fingerprint density at radius 2 is 1.33 bits per heavy atom. The number of hydrogen-bond acceptors (Lipinski definition) is 1. The molecule has 1 heteroatoms. The first-order chi connectivity index (χ1) is 13.1. The molecule has 0 aliphatic heterocycles. The van der Waals surface area contributed by atoms with Gasteiger partial charge >= 0.3 is 0 Å². The molecule has 1 nitrogen and oxygen atoms in total. The van der Waals surface area contributed by atoms with E-state index >= 15 is 0 Å². The van der Waals surface area contributed by atoms with E-state index in [9.17, 15) is 0 Å². The second-order valence-corrected chi connectivity index (χ2v) is 8.48. The summed E-state index contributed by atoms with van der Waals surface area (Å²) in [6.07, 6.45) is 2.11. The molecule has 27 heavy (non-hydrogen) atoms. The maximum absolute atomic E-state index is 6.05. The molecule has 1 aliphatic carbocycles. The van der Waals surface area contributed by atoms with Gasteiger partial charge in [-0.3, -0.25) is 0 Å². The summed E-state index contributed by atoms with van der Waals surface area (Å²) < 4.78 is 0. The summed E-state index contributed by atoms with van der Waals surface area (Å²) >= 11 is 0. The van der Waals surface area contributed by atoms with Gasteiger partial charge in [-0.05, 0) is 53.0 Å². The Hall–Kier alpha value is -2.38. The van der Waals surface area contributed by atoms with E-state index in [1.165, 1.54) is 22.3 Å². The molecule has 0 bridgehead atoms. The molecule has 0 saturated carbocycles. The first-order valence-corrected chi connectivity index (χ1v) is 10.00. The van der Waals surface area contributed by atoms with Crippen LogP contribution in [0.3, 0.4) is 0 Å². The van der Waals surface area contributed by atoms with E-state index in [0.717, 1.165) is 19.4 Å². The molecule has 0 saturated heterocycles. The number of nitrogens with two attached hydrogens (primary N) is 1. The molecule has 3 aromatic rings. The van der Waals surface area contributed by atoms with Gasteiger partial charge in [0.1, 0.15) is 0 Å². The molecule has 0 spiro atoms. The monoisotopic (exact) mass is 355 g/mol. The van der Waals surface area contributed by atoms with Crippen LogP contribution in [0.5, 0.6) is 0 Å². The van der Waals surface area contributed by atoms with Crippen LogP contribution in [-0.2, 0) is 11.8 Å². The van der Waals surface area contributed by atoms with Crippen LogP contribution in [0.1, 0.15) is 42.5 Å². The van der Waals surface area contributed by atoms with Gasteiger partial charge in [0.15, 0.2) is 0 Å². The molecule has 0 radical (unpaired) electrons. The van der Waals surface area contributed by atoms with Gasteiger partial charge in [0.25, 0.3) is 0 Å². The molecule has 0 heterocycles. The average Bonchev–Trinajstić information content (AvgIpc) is 3.06. The Balaban J connectivity index is 2.06. The van der Waals surface area contributed by atoms with E-state index in [1.807, 2.05) is 0 Å². The summed E-state index contributed by atoms with van der Waals surface area (Å²) in [7, 11) is 0. The van der Waals surface area contributed by atoms with E-state index in [0.29, 0.717) is 5.92 Å². The van der Waals surface area contributed by atoms with Gasteiger partial charge in [-0.1, -0.05) is 98.8 Å². The predicted octanol–water partition coefficient (Wildman–Crippen LogP) is 5.57. The van der Waals surface area contributed by atoms with Crippen molar-refractivity contribution in [1.82, 2.24) is 0 Å². The number of rotatable bonds is 5. The molecular formula is C26H29N. The van der Waals surface area contributed by atoms with Crippen molar-refractivity contribution >= 4 is 0 Å². The van der Waals surface area contributed by atoms with Crippen molar-refractivity contribution in [3.8, 4) is 0 Å². The minimum absolute atomic E-state index is 0.124. The highest BCUT2D eigenvalue weighted by molar-refractivity contribution is 5.58. The van der Waals surface area contributed by atoms with Crippen LogP contribution < -0.4 is 5.73 Å². The molecule has 1 atom stereocenters. The zero-order valence-electron chi connectivity index (χ0n) is 16.4. The third-order valence-corrected chi connectivity index (χ3v) is 6.58. The van der Waals surface area contributed by atoms with Crippen molar-refractivity contribution in [1.29, 1.82) is 0 Å². The highest BCUT2D eigenvalue weighted by Crippen LogP contribution is 2.58. The molecule has 4 rings (SSSR count). The van der Waals surface area contributed by atoms with Gasteiger partial charge in [-0.25, -0.2) is 0 Å². The van der Waals surface area contributed by atoms with E-state index in [2.05, 4.69) is 98.8 Å². The maximum Gasteiger partial charge on any atom is 0.0490 e. The van der Waals surface area contributed by atoms with Crippen LogP contribution in [-0.4, -0.2) is 6.54 Å². The topological polar surface area (TPSA) is 26.0 Å². The molecule has 0 amide bonds. The Morgan fingerprint density at radius 1 is 0.815 bits per heavy atom. The highest BCUT2D eigenvalue weighted by atomic mass is 14.6. The average molecular weight is 356 g/mol. The van der Waals surface area contributed by atoms with Gasteiger partial charge in [0.05, 0.1) is 0 Å². The van der Waals surface area contributed by atoms with Crippen molar-refractivity contribution < 1.29 is 0 Å². The summed E-state index contributed by atoms with van der Waals surface area (Å²) in [4.78, 5) is 0. The van der Waals surface area contributed by atoms with Crippen LogP contribution in [0, 0.1) is 11.3 Å². The Bertz CT molecular complexity index is 856. The molecule has 3 aromatic carbocycles. The van der Waals surface area contributed by atoms with E-state index < -0.39 is 0 Å². The van der Waals surface area contributed by atoms with Crippen LogP contribution in [0.25, 0.3) is 0 Å². The Labute approximate surface area is 163 Å². The number of hydrogen-bond donors (Lipinski definition) is 1. The fourth-order valence-electron chi connectivity index (χ4n) is 5.33. The van der Waals surface area contributed by atoms with E-state index in [1.54, 1.807) is 0 Å². The minimum atomic E-state index is -0.141. The second kappa shape index (κ2) is 6.98. The fraction of sp³-hybridized carbons (Fsp3) is 0.308. The van der Waals surface area contributed by atoms with Gasteiger partial charge in [0.2, 0.25) is 0 Å². The van der Waals surface area contributed by atoms with Crippen molar-refractivity contribution in [2.24, 2.45) is 17.1 Å². The summed E-state index contributed by atoms with van der Waals surface area (Å²) in [5.41, 5.74) is 11.7. The third kappa shape index (κ3) is 2.82. The third-order valence-electron chi connectivity index (χ3n) is 6.58. The number of benzene rings is 3.